The van der Waals surface area contributed by atoms with Gasteiger partial charge in [0.05, 0.1) is 37.1 Å². The number of hydrogen-bond donors (Lipinski definition) is 7. The van der Waals surface area contributed by atoms with E-state index in [9.17, 15) is 40.5 Å². The fraction of sp³-hybridized carbons (Fsp3) is 0.840. The molecule has 8 fully saturated rings. The van der Waals surface area contributed by atoms with Crippen molar-refractivity contribution >= 4 is 5.97 Å². The summed E-state index contributed by atoms with van der Waals surface area (Å²) in [5, 5.41) is 76.9. The van der Waals surface area contributed by atoms with Crippen LogP contribution in [0.15, 0.2) is 36.2 Å². The normalized spacial score (nSPS) is 52.1. The number of aliphatic hydroxyl groups excluding tert-OH is 7. The fourth-order valence-corrected chi connectivity index (χ4v) is 14.5. The number of rotatable bonds is 10. The van der Waals surface area contributed by atoms with E-state index in [1.807, 2.05) is 0 Å². The number of aromatic nitrogens is 1. The highest BCUT2D eigenvalue weighted by Crippen LogP contribution is 2.70. The molecule has 0 radical (unpaired) electrons. The number of allylic oxidation sites excluding steroid dienone is 1. The van der Waals surface area contributed by atoms with Gasteiger partial charge in [-0.25, -0.2) is 4.79 Å². The van der Waals surface area contributed by atoms with Gasteiger partial charge < -0.3 is 78.4 Å². The summed E-state index contributed by atoms with van der Waals surface area (Å²) in [5.74, 6) is 1.84. The molecule has 0 unspecified atom stereocenters. The van der Waals surface area contributed by atoms with Crippen molar-refractivity contribution in [3.05, 3.63) is 41.7 Å². The molecule has 3 saturated carbocycles. The lowest BCUT2D eigenvalue weighted by molar-refractivity contribution is -0.380. The first kappa shape index (κ1) is 49.3. The van der Waals surface area contributed by atoms with Crippen LogP contribution < -0.4 is 0 Å². The van der Waals surface area contributed by atoms with Crippen LogP contribution in [0.5, 0.6) is 0 Å². The molecule has 0 bridgehead atoms. The van der Waals surface area contributed by atoms with Crippen LogP contribution in [-0.4, -0.2) is 171 Å². The second-order valence-electron chi connectivity index (χ2n) is 22.2. The summed E-state index contributed by atoms with van der Waals surface area (Å²) in [4.78, 5) is 16.5. The average molecular weight is 960 g/mol. The number of aliphatic hydroxyl groups is 7. The van der Waals surface area contributed by atoms with Crippen molar-refractivity contribution in [1.29, 1.82) is 0 Å². The molecule has 68 heavy (non-hydrogen) atoms. The van der Waals surface area contributed by atoms with Gasteiger partial charge in [-0.3, -0.25) is 4.98 Å². The Kier molecular flexibility index (Phi) is 13.8. The topological polar surface area (TPSA) is 255 Å². The monoisotopic (exact) mass is 959 g/mol. The van der Waals surface area contributed by atoms with Gasteiger partial charge in [-0.1, -0.05) is 39.3 Å². The van der Waals surface area contributed by atoms with Gasteiger partial charge in [-0.2, -0.15) is 0 Å². The van der Waals surface area contributed by atoms with Gasteiger partial charge >= 0.3 is 5.97 Å². The number of esters is 1. The molecule has 9 aliphatic rings. The quantitative estimate of drug-likeness (QED) is 0.131. The van der Waals surface area contributed by atoms with E-state index in [0.717, 1.165) is 51.6 Å². The number of carbonyl (C=O) groups is 1. The number of pyridine rings is 1. The maximum atomic E-state index is 12.6. The lowest BCUT2D eigenvalue weighted by atomic mass is 9.47. The van der Waals surface area contributed by atoms with Crippen molar-refractivity contribution in [1.82, 2.24) is 4.98 Å². The molecule has 25 atom stereocenters. The predicted octanol–water partition coefficient (Wildman–Crippen LogP) is 2.11. The van der Waals surface area contributed by atoms with Crippen molar-refractivity contribution in [3.63, 3.8) is 0 Å². The number of ether oxygens (including phenoxy) is 9. The third kappa shape index (κ3) is 8.41. The number of carbonyl (C=O) groups excluding carboxylic acids is 1. The molecule has 380 valence electrons. The number of nitrogens with zero attached hydrogens (tertiary/aromatic N) is 1. The first-order valence-electron chi connectivity index (χ1n) is 25.2. The van der Waals surface area contributed by atoms with Crippen LogP contribution in [-0.2, 0) is 42.6 Å². The zero-order chi connectivity index (χ0) is 48.0. The lowest BCUT2D eigenvalue weighted by Crippen LogP contribution is -2.65. The summed E-state index contributed by atoms with van der Waals surface area (Å²) in [5.41, 5.74) is 1.70. The minimum absolute atomic E-state index is 0.0391. The molecule has 0 aromatic carbocycles. The zero-order valence-corrected chi connectivity index (χ0v) is 39.7. The Bertz CT molecular complexity index is 1970. The van der Waals surface area contributed by atoms with Crippen molar-refractivity contribution < 1.29 is 83.2 Å². The smallest absolute Gasteiger partial charge is 0.338 e. The number of fused-ring (bicyclic) bond motifs is 7. The maximum Gasteiger partial charge on any atom is 0.338 e. The Balaban J connectivity index is 0.833. The van der Waals surface area contributed by atoms with E-state index in [-0.39, 0.29) is 28.6 Å². The molecule has 5 aliphatic heterocycles. The maximum absolute atomic E-state index is 12.6. The summed E-state index contributed by atoms with van der Waals surface area (Å²) < 4.78 is 55.9. The van der Waals surface area contributed by atoms with E-state index in [4.69, 9.17) is 42.6 Å². The standard InChI is InChI=1S/C50H73NO17/c1-23-8-15-50(61-21-23)24(2)35-32(68-50)19-31-29-7-6-27-18-28(9-13-48(27,4)30(29)10-14-49(31,35)5)63-47-43(67-45-40(57)38(55)36(53)25(3)62-45)41(58)42(33(20-52)64-47)66-46-39(56)37(54)34(65-46)22-60-44(59)26-11-16-51-17-12-26/h6,11-12,16-17,23-25,28-43,45-47,52-58H,7-10,13-15,18-22H2,1-5H3/t23-,24+,25+,28+,29-,30+,31+,32+,33-,34+,35+,36+,37+,38-,39-,40-,41+,42-,43-,45+,46+,47-,48+,49+,50-/m1/s1. The largest absolute Gasteiger partial charge is 0.459 e. The van der Waals surface area contributed by atoms with Gasteiger partial charge in [0.15, 0.2) is 24.7 Å². The van der Waals surface area contributed by atoms with Gasteiger partial charge in [0.2, 0.25) is 0 Å². The first-order valence-corrected chi connectivity index (χ1v) is 25.2. The van der Waals surface area contributed by atoms with Gasteiger partial charge in [-0.15, -0.1) is 0 Å². The van der Waals surface area contributed by atoms with Crippen LogP contribution in [0.3, 0.4) is 0 Å². The van der Waals surface area contributed by atoms with Crippen molar-refractivity contribution in [2.45, 2.75) is 196 Å². The van der Waals surface area contributed by atoms with Crippen LogP contribution in [0.1, 0.15) is 103 Å². The molecular formula is C50H73NO17. The van der Waals surface area contributed by atoms with E-state index >= 15 is 0 Å². The molecule has 1 aromatic rings. The summed E-state index contributed by atoms with van der Waals surface area (Å²) in [7, 11) is 0. The SMILES string of the molecule is C[C@@H]1CC[C@@]2(OC1)O[C@H]1C[C@H]3[C@@H]4CC=C5C[C@@H](O[C@@H]6O[C@H](CO)[C@@H](O[C@@H]7O[C@@H](COC(=O)c8ccncc8)[C@H](O)[C@H]7O)[C@H](O)[C@H]6O[C@@H]6O[C@@H](C)[C@H](O)[C@@H](O)[C@H]6O)CC[C@]5(C)[C@H]4CC[C@]3(C)[C@H]1[C@@H]2C. The fourth-order valence-electron chi connectivity index (χ4n) is 14.5. The average Bonchev–Trinajstić information content (AvgIpc) is 3.89. The van der Waals surface area contributed by atoms with Gasteiger partial charge in [-0.05, 0) is 111 Å². The van der Waals surface area contributed by atoms with E-state index in [1.165, 1.54) is 37.0 Å². The molecule has 18 heteroatoms. The van der Waals surface area contributed by atoms with E-state index in [0.29, 0.717) is 48.3 Å². The predicted molar refractivity (Wildman–Crippen MR) is 236 cm³/mol. The molecule has 18 nitrogen and oxygen atoms in total. The van der Waals surface area contributed by atoms with Gasteiger partial charge in [0, 0.05) is 24.7 Å². The minimum atomic E-state index is -1.73. The highest BCUT2D eigenvalue weighted by Gasteiger charge is 2.69. The molecule has 10 rings (SSSR count). The molecular weight excluding hydrogens is 887 g/mol. The molecule has 1 spiro atoms. The Hall–Kier alpha value is -2.24. The van der Waals surface area contributed by atoms with Crippen molar-refractivity contribution in [3.8, 4) is 0 Å². The lowest BCUT2D eigenvalue weighted by Gasteiger charge is -2.58. The summed E-state index contributed by atoms with van der Waals surface area (Å²) in [6.45, 7) is 10.7. The van der Waals surface area contributed by atoms with Gasteiger partial charge in [0.1, 0.15) is 67.6 Å². The third-order valence-electron chi connectivity index (χ3n) is 18.5. The number of hydrogen-bond acceptors (Lipinski definition) is 18. The second kappa shape index (κ2) is 19.0. The highest BCUT2D eigenvalue weighted by atomic mass is 16.8. The summed E-state index contributed by atoms with van der Waals surface area (Å²) >= 11 is 0. The Labute approximate surface area is 397 Å². The Morgan fingerprint density at radius 3 is 2.24 bits per heavy atom. The third-order valence-corrected chi connectivity index (χ3v) is 18.5. The first-order chi connectivity index (χ1) is 32.5. The second-order valence-corrected chi connectivity index (χ2v) is 22.2. The Morgan fingerprint density at radius 2 is 1.50 bits per heavy atom. The van der Waals surface area contributed by atoms with Crippen molar-refractivity contribution in [2.75, 3.05) is 19.8 Å². The molecule has 7 N–H and O–H groups in total. The van der Waals surface area contributed by atoms with E-state index in [2.05, 4.69) is 38.8 Å². The summed E-state index contributed by atoms with van der Waals surface area (Å²) in [6, 6.07) is 2.92. The zero-order valence-electron chi connectivity index (χ0n) is 39.7. The Morgan fingerprint density at radius 1 is 0.779 bits per heavy atom. The highest BCUT2D eigenvalue weighted by molar-refractivity contribution is 5.89. The van der Waals surface area contributed by atoms with Crippen LogP contribution >= 0.6 is 0 Å². The van der Waals surface area contributed by atoms with Crippen LogP contribution in [0.2, 0.25) is 0 Å². The van der Waals surface area contributed by atoms with Crippen molar-refractivity contribution in [2.24, 2.45) is 46.3 Å². The van der Waals surface area contributed by atoms with E-state index < -0.39 is 111 Å². The molecule has 1 aromatic heterocycles. The minimum Gasteiger partial charge on any atom is -0.459 e. The molecule has 5 saturated heterocycles. The molecule has 0 amide bonds. The molecule has 4 aliphatic carbocycles. The van der Waals surface area contributed by atoms with E-state index in [1.54, 1.807) is 0 Å². The summed E-state index contributed by atoms with van der Waals surface area (Å²) in [6.07, 6.45) is -6.89. The van der Waals surface area contributed by atoms with Crippen LogP contribution in [0, 0.1) is 46.3 Å². The molecule has 6 heterocycles. The van der Waals surface area contributed by atoms with Crippen LogP contribution in [0.4, 0.5) is 0 Å². The van der Waals surface area contributed by atoms with Crippen LogP contribution in [0.25, 0.3) is 0 Å². The van der Waals surface area contributed by atoms with Gasteiger partial charge in [0.25, 0.3) is 0 Å².